The molecule has 1 amide bonds. The molecule has 0 aromatic rings. The lowest BCUT2D eigenvalue weighted by Gasteiger charge is -2.16. The smallest absolute Gasteiger partial charge is 0.246 e. The van der Waals surface area contributed by atoms with Gasteiger partial charge in [0.1, 0.15) is 6.61 Å². The van der Waals surface area contributed by atoms with Crippen LogP contribution in [0.1, 0.15) is 6.42 Å². The van der Waals surface area contributed by atoms with Crippen LogP contribution in [0.5, 0.6) is 0 Å². The van der Waals surface area contributed by atoms with E-state index in [0.29, 0.717) is 18.9 Å². The zero-order valence-corrected chi connectivity index (χ0v) is 9.44. The summed E-state index contributed by atoms with van der Waals surface area (Å²) in [5.74, 6) is -0.138. The molecule has 1 rings (SSSR count). The van der Waals surface area contributed by atoms with Crippen LogP contribution in [-0.4, -0.2) is 38.9 Å². The molecule has 1 unspecified atom stereocenters. The van der Waals surface area contributed by atoms with Crippen molar-refractivity contribution in [2.75, 3.05) is 26.9 Å². The maximum absolute atomic E-state index is 11.4. The number of hydrogen-bond donors (Lipinski definition) is 2. The van der Waals surface area contributed by atoms with E-state index in [-0.39, 0.29) is 18.6 Å². The maximum atomic E-state index is 11.4. The molecule has 1 aliphatic carbocycles. The maximum Gasteiger partial charge on any atom is 0.246 e. The van der Waals surface area contributed by atoms with Gasteiger partial charge in [-0.15, -0.1) is 0 Å². The van der Waals surface area contributed by atoms with Gasteiger partial charge in [0, 0.05) is 12.8 Å². The van der Waals surface area contributed by atoms with Crippen LogP contribution in [0.25, 0.3) is 0 Å². The molecule has 0 saturated carbocycles. The van der Waals surface area contributed by atoms with E-state index < -0.39 is 0 Å². The fraction of sp³-hybridized carbons (Fsp3) is 0.545. The van der Waals surface area contributed by atoms with Crippen molar-refractivity contribution in [1.82, 2.24) is 5.32 Å². The zero-order chi connectivity index (χ0) is 11.8. The molecule has 5 nitrogen and oxygen atoms in total. The summed E-state index contributed by atoms with van der Waals surface area (Å²) in [4.78, 5) is 11.4. The van der Waals surface area contributed by atoms with Gasteiger partial charge in [0.05, 0.1) is 19.3 Å². The quantitative estimate of drug-likeness (QED) is 0.622. The van der Waals surface area contributed by atoms with Gasteiger partial charge < -0.3 is 20.5 Å². The third-order valence-corrected chi connectivity index (χ3v) is 2.11. The Morgan fingerprint density at radius 1 is 1.62 bits per heavy atom. The van der Waals surface area contributed by atoms with Crippen LogP contribution in [0.4, 0.5) is 0 Å². The molecular formula is C11H18N2O3. The summed E-state index contributed by atoms with van der Waals surface area (Å²) in [6.07, 6.45) is 6.36. The van der Waals surface area contributed by atoms with E-state index in [1.54, 1.807) is 7.11 Å². The van der Waals surface area contributed by atoms with Crippen molar-refractivity contribution in [3.05, 3.63) is 23.9 Å². The van der Waals surface area contributed by atoms with Crippen molar-refractivity contribution in [2.24, 2.45) is 5.73 Å². The zero-order valence-electron chi connectivity index (χ0n) is 9.44. The third kappa shape index (κ3) is 4.95. The lowest BCUT2D eigenvalue weighted by atomic mass is 10.1. The molecule has 1 atom stereocenters. The van der Waals surface area contributed by atoms with Gasteiger partial charge in [0.2, 0.25) is 5.91 Å². The van der Waals surface area contributed by atoms with Crippen molar-refractivity contribution in [2.45, 2.75) is 12.5 Å². The number of carbonyl (C=O) groups excluding carboxylic acids is 1. The van der Waals surface area contributed by atoms with Crippen LogP contribution < -0.4 is 11.1 Å². The summed E-state index contributed by atoms with van der Waals surface area (Å²) < 4.78 is 9.89. The molecule has 3 N–H and O–H groups in total. The van der Waals surface area contributed by atoms with Crippen LogP contribution in [0.3, 0.4) is 0 Å². The molecule has 0 spiro atoms. The van der Waals surface area contributed by atoms with Crippen LogP contribution in [0.15, 0.2) is 23.9 Å². The van der Waals surface area contributed by atoms with E-state index in [9.17, 15) is 4.79 Å². The van der Waals surface area contributed by atoms with Crippen molar-refractivity contribution >= 4 is 5.91 Å². The molecule has 5 heteroatoms. The molecule has 16 heavy (non-hydrogen) atoms. The number of methoxy groups -OCH3 is 1. The van der Waals surface area contributed by atoms with Gasteiger partial charge in [0.15, 0.2) is 0 Å². The minimum atomic E-state index is -0.138. The Balaban J connectivity index is 2.17. The number of carbonyl (C=O) groups is 1. The molecule has 0 aliphatic heterocycles. The molecular weight excluding hydrogens is 208 g/mol. The molecule has 0 aromatic heterocycles. The van der Waals surface area contributed by atoms with Crippen LogP contribution >= 0.6 is 0 Å². The minimum Gasteiger partial charge on any atom is -0.399 e. The second kappa shape index (κ2) is 7.03. The Morgan fingerprint density at radius 2 is 2.44 bits per heavy atom. The number of nitrogens with one attached hydrogen (secondary N) is 1. The average molecular weight is 226 g/mol. The number of rotatable bonds is 6. The van der Waals surface area contributed by atoms with E-state index >= 15 is 0 Å². The van der Waals surface area contributed by atoms with Gasteiger partial charge in [0.25, 0.3) is 0 Å². The second-order valence-electron chi connectivity index (χ2n) is 3.52. The minimum absolute atomic E-state index is 0.0245. The topological polar surface area (TPSA) is 73.6 Å². The Labute approximate surface area is 95.3 Å². The number of hydrogen-bond acceptors (Lipinski definition) is 4. The standard InChI is InChI=1S/C11H18N2O3/c1-15-5-6-16-8-11(14)13-10-4-2-3-9(12)7-10/h2-3,7,10H,4-6,8,12H2,1H3,(H,13,14). The van der Waals surface area contributed by atoms with E-state index in [1.165, 1.54) is 0 Å². The normalized spacial score (nSPS) is 19.3. The lowest BCUT2D eigenvalue weighted by Crippen LogP contribution is -2.37. The van der Waals surface area contributed by atoms with Gasteiger partial charge in [-0.05, 0) is 18.6 Å². The number of nitrogens with two attached hydrogens (primary N) is 1. The molecule has 90 valence electrons. The van der Waals surface area contributed by atoms with Crippen LogP contribution in [0, 0.1) is 0 Å². The predicted molar refractivity (Wildman–Crippen MR) is 60.7 cm³/mol. The first-order valence-electron chi connectivity index (χ1n) is 5.22. The van der Waals surface area contributed by atoms with Gasteiger partial charge in [-0.2, -0.15) is 0 Å². The van der Waals surface area contributed by atoms with E-state index in [2.05, 4.69) is 5.32 Å². The Hall–Kier alpha value is -1.33. The van der Waals surface area contributed by atoms with E-state index in [0.717, 1.165) is 6.42 Å². The number of amides is 1. The number of ether oxygens (including phenoxy) is 2. The van der Waals surface area contributed by atoms with Crippen molar-refractivity contribution in [1.29, 1.82) is 0 Å². The molecule has 0 saturated heterocycles. The average Bonchev–Trinajstić information content (AvgIpc) is 2.24. The van der Waals surface area contributed by atoms with Crippen molar-refractivity contribution in [3.8, 4) is 0 Å². The molecule has 0 heterocycles. The summed E-state index contributed by atoms with van der Waals surface area (Å²) in [7, 11) is 1.59. The second-order valence-corrected chi connectivity index (χ2v) is 3.52. The van der Waals surface area contributed by atoms with E-state index in [1.807, 2.05) is 18.2 Å². The van der Waals surface area contributed by atoms with Crippen LogP contribution in [-0.2, 0) is 14.3 Å². The Bertz CT molecular complexity index is 287. The van der Waals surface area contributed by atoms with Gasteiger partial charge in [-0.3, -0.25) is 4.79 Å². The summed E-state index contributed by atoms with van der Waals surface area (Å²) in [5, 5.41) is 2.81. The fourth-order valence-electron chi connectivity index (χ4n) is 1.36. The fourth-order valence-corrected chi connectivity index (χ4v) is 1.36. The summed E-state index contributed by atoms with van der Waals surface area (Å²) in [6.45, 7) is 0.968. The number of allylic oxidation sites excluding steroid dienone is 1. The lowest BCUT2D eigenvalue weighted by molar-refractivity contribution is -0.126. The largest absolute Gasteiger partial charge is 0.399 e. The molecule has 0 fully saturated rings. The summed E-state index contributed by atoms with van der Waals surface area (Å²) in [6, 6.07) is -0.0245. The molecule has 1 aliphatic rings. The van der Waals surface area contributed by atoms with E-state index in [4.69, 9.17) is 15.2 Å². The summed E-state index contributed by atoms with van der Waals surface area (Å²) >= 11 is 0. The SMILES string of the molecule is COCCOCC(=O)NC1C=C(N)C=CC1. The monoisotopic (exact) mass is 226 g/mol. The molecule has 0 bridgehead atoms. The first kappa shape index (κ1) is 12.7. The first-order chi connectivity index (χ1) is 7.72. The Kier molecular flexibility index (Phi) is 5.60. The molecule has 0 radical (unpaired) electrons. The highest BCUT2D eigenvalue weighted by atomic mass is 16.5. The van der Waals surface area contributed by atoms with Gasteiger partial charge in [-0.1, -0.05) is 6.08 Å². The van der Waals surface area contributed by atoms with Crippen LogP contribution in [0.2, 0.25) is 0 Å². The first-order valence-corrected chi connectivity index (χ1v) is 5.22. The summed E-state index contributed by atoms with van der Waals surface area (Å²) in [5.41, 5.74) is 6.29. The van der Waals surface area contributed by atoms with Gasteiger partial charge in [-0.25, -0.2) is 0 Å². The third-order valence-electron chi connectivity index (χ3n) is 2.11. The van der Waals surface area contributed by atoms with Crippen molar-refractivity contribution < 1.29 is 14.3 Å². The highest BCUT2D eigenvalue weighted by molar-refractivity contribution is 5.77. The Morgan fingerprint density at radius 3 is 3.12 bits per heavy atom. The van der Waals surface area contributed by atoms with Gasteiger partial charge >= 0.3 is 0 Å². The highest BCUT2D eigenvalue weighted by Crippen LogP contribution is 2.05. The molecule has 0 aromatic carbocycles. The van der Waals surface area contributed by atoms with Crippen molar-refractivity contribution in [3.63, 3.8) is 0 Å². The predicted octanol–water partition coefficient (Wildman–Crippen LogP) is -0.0633. The highest BCUT2D eigenvalue weighted by Gasteiger charge is 2.11.